The summed E-state index contributed by atoms with van der Waals surface area (Å²) in [7, 11) is 1.05. The molecule has 0 aliphatic carbocycles. The predicted molar refractivity (Wildman–Crippen MR) is 141 cm³/mol. The fourth-order valence-corrected chi connectivity index (χ4v) is 4.11. The number of rotatable bonds is 9. The van der Waals surface area contributed by atoms with Gasteiger partial charge in [0.05, 0.1) is 12.0 Å². The Hall–Kier alpha value is -5.39. The van der Waals surface area contributed by atoms with Gasteiger partial charge in [0.1, 0.15) is 24.6 Å². The molecule has 0 spiro atoms. The number of hydrogen-bond acceptors (Lipinski definition) is 14. The molecule has 18 heteroatoms. The summed E-state index contributed by atoms with van der Waals surface area (Å²) in [6.45, 7) is 2.74. The van der Waals surface area contributed by atoms with Crippen LogP contribution in [0.2, 0.25) is 0 Å². The molecule has 5 atom stereocenters. The van der Waals surface area contributed by atoms with Gasteiger partial charge < -0.3 is 34.3 Å². The molecule has 2 amide bonds. The maximum Gasteiger partial charge on any atom is 0.407 e. The number of alkyl carbamates (subject to hydrolysis) is 1. The van der Waals surface area contributed by atoms with Crippen LogP contribution in [0.15, 0.2) is 41.3 Å². The Kier molecular flexibility index (Phi) is 10.5. The maximum atomic E-state index is 13.2. The lowest BCUT2D eigenvalue weighted by atomic mass is 9.95. The van der Waals surface area contributed by atoms with E-state index in [2.05, 4.69) is 20.4 Å². The molecular formula is C25H27N5O13. The molecule has 0 saturated carbocycles. The fourth-order valence-electron chi connectivity index (χ4n) is 4.11. The third-order valence-corrected chi connectivity index (χ3v) is 5.88. The number of carbonyl (C=O) groups excluding carboxylic acids is 5. The zero-order chi connectivity index (χ0) is 31.8. The quantitative estimate of drug-likeness (QED) is 0.171. The molecule has 1 aromatic carbocycles. The largest absolute Gasteiger partial charge is 0.463 e. The molecule has 1 saturated heterocycles. The van der Waals surface area contributed by atoms with Crippen molar-refractivity contribution >= 4 is 41.4 Å². The lowest BCUT2D eigenvalue weighted by Gasteiger charge is -2.45. The van der Waals surface area contributed by atoms with Gasteiger partial charge in [0.25, 0.3) is 11.6 Å². The first-order valence-electron chi connectivity index (χ1n) is 12.4. The van der Waals surface area contributed by atoms with Gasteiger partial charge in [0.15, 0.2) is 18.4 Å². The van der Waals surface area contributed by atoms with Gasteiger partial charge in [-0.05, 0) is 18.2 Å². The number of nitro benzene ring substituents is 1. The van der Waals surface area contributed by atoms with Crippen molar-refractivity contribution in [2.45, 2.75) is 51.4 Å². The summed E-state index contributed by atoms with van der Waals surface area (Å²) < 4.78 is 27.3. The van der Waals surface area contributed by atoms with Gasteiger partial charge >= 0.3 is 29.7 Å². The van der Waals surface area contributed by atoms with Gasteiger partial charge in [-0.25, -0.2) is 9.59 Å². The van der Waals surface area contributed by atoms with Crippen LogP contribution in [0, 0.1) is 10.1 Å². The smallest absolute Gasteiger partial charge is 0.407 e. The van der Waals surface area contributed by atoms with E-state index >= 15 is 0 Å². The fraction of sp³-hybridized carbons (Fsp3) is 0.400. The van der Waals surface area contributed by atoms with E-state index in [0.717, 1.165) is 50.8 Å². The average molecular weight is 606 g/mol. The Morgan fingerprint density at radius 2 is 1.63 bits per heavy atom. The number of esters is 3. The van der Waals surface area contributed by atoms with Crippen LogP contribution in [0.25, 0.3) is 0 Å². The van der Waals surface area contributed by atoms with E-state index < -0.39 is 77.7 Å². The zero-order valence-corrected chi connectivity index (χ0v) is 23.2. The Balaban J connectivity index is 1.99. The predicted octanol–water partition coefficient (Wildman–Crippen LogP) is 0.452. The Morgan fingerprint density at radius 3 is 2.16 bits per heavy atom. The van der Waals surface area contributed by atoms with Crippen molar-refractivity contribution in [2.75, 3.05) is 19.0 Å². The molecule has 0 radical (unpaired) electrons. The SMILES string of the molecule is COC(=O)NC1C(OC(C)=O)C(OC(C)=O)C(COC(C)=O)OC1n1ccc(NC(=O)c2ccc([N+](=O)[O-])cc2)nc1=O. The number of amides is 2. The molecule has 1 fully saturated rings. The van der Waals surface area contributed by atoms with E-state index in [1.165, 1.54) is 18.2 Å². The lowest BCUT2D eigenvalue weighted by Crippen LogP contribution is -2.65. The monoisotopic (exact) mass is 605 g/mol. The van der Waals surface area contributed by atoms with Crippen molar-refractivity contribution in [3.05, 3.63) is 62.7 Å². The van der Waals surface area contributed by atoms with Gasteiger partial charge in [-0.15, -0.1) is 0 Å². The lowest BCUT2D eigenvalue weighted by molar-refractivity contribution is -0.384. The highest BCUT2D eigenvalue weighted by Gasteiger charge is 2.52. The minimum Gasteiger partial charge on any atom is -0.463 e. The van der Waals surface area contributed by atoms with Crippen LogP contribution in [0.4, 0.5) is 16.3 Å². The van der Waals surface area contributed by atoms with Crippen LogP contribution in [0.1, 0.15) is 37.4 Å². The van der Waals surface area contributed by atoms with Crippen LogP contribution >= 0.6 is 0 Å². The van der Waals surface area contributed by atoms with Crippen molar-refractivity contribution in [2.24, 2.45) is 0 Å². The third-order valence-electron chi connectivity index (χ3n) is 5.88. The van der Waals surface area contributed by atoms with Crippen molar-refractivity contribution in [1.82, 2.24) is 14.9 Å². The van der Waals surface area contributed by atoms with E-state index in [0.29, 0.717) is 0 Å². The van der Waals surface area contributed by atoms with Crippen LogP contribution in [-0.2, 0) is 38.1 Å². The van der Waals surface area contributed by atoms with Gasteiger partial charge in [0.2, 0.25) is 0 Å². The van der Waals surface area contributed by atoms with Gasteiger partial charge in [0, 0.05) is 44.7 Å². The molecular weight excluding hydrogens is 578 g/mol. The minimum absolute atomic E-state index is 0.0450. The van der Waals surface area contributed by atoms with Crippen LogP contribution in [0.5, 0.6) is 0 Å². The summed E-state index contributed by atoms with van der Waals surface area (Å²) in [4.78, 5) is 87.6. The highest BCUT2D eigenvalue weighted by Crippen LogP contribution is 2.32. The minimum atomic E-state index is -1.50. The number of non-ortho nitro benzene ring substituents is 1. The Morgan fingerprint density at radius 1 is 1.00 bits per heavy atom. The van der Waals surface area contributed by atoms with E-state index in [1.807, 2.05) is 0 Å². The van der Waals surface area contributed by atoms with E-state index in [4.69, 9.17) is 18.9 Å². The number of anilines is 1. The number of nitrogens with zero attached hydrogens (tertiary/aromatic N) is 3. The van der Waals surface area contributed by atoms with Crippen molar-refractivity contribution in [3.8, 4) is 0 Å². The van der Waals surface area contributed by atoms with Gasteiger partial charge in [-0.3, -0.25) is 33.9 Å². The number of hydrogen-bond donors (Lipinski definition) is 2. The summed E-state index contributed by atoms with van der Waals surface area (Å²) >= 11 is 0. The summed E-state index contributed by atoms with van der Waals surface area (Å²) in [5.74, 6) is -3.31. The van der Waals surface area contributed by atoms with Crippen molar-refractivity contribution in [3.63, 3.8) is 0 Å². The molecule has 230 valence electrons. The molecule has 1 aliphatic heterocycles. The number of nitrogens with one attached hydrogen (secondary N) is 2. The second kappa shape index (κ2) is 14.0. The van der Waals surface area contributed by atoms with Gasteiger partial charge in [-0.2, -0.15) is 4.98 Å². The summed E-state index contributed by atoms with van der Waals surface area (Å²) in [6, 6.07) is 4.48. The van der Waals surface area contributed by atoms with E-state index in [9.17, 15) is 38.9 Å². The van der Waals surface area contributed by atoms with Crippen LogP contribution in [-0.4, -0.2) is 82.5 Å². The molecule has 2 aromatic rings. The highest BCUT2D eigenvalue weighted by atomic mass is 16.6. The van der Waals surface area contributed by atoms with Gasteiger partial charge in [-0.1, -0.05) is 0 Å². The third kappa shape index (κ3) is 8.32. The first kappa shape index (κ1) is 32.1. The highest BCUT2D eigenvalue weighted by molar-refractivity contribution is 6.03. The average Bonchev–Trinajstić information content (AvgIpc) is 2.93. The summed E-state index contributed by atoms with van der Waals surface area (Å²) in [5, 5.41) is 15.6. The number of methoxy groups -OCH3 is 1. The molecule has 2 N–H and O–H groups in total. The van der Waals surface area contributed by atoms with E-state index in [-0.39, 0.29) is 17.1 Å². The molecule has 1 aromatic heterocycles. The molecule has 0 bridgehead atoms. The number of ether oxygens (including phenoxy) is 5. The normalized spacial score (nSPS) is 21.1. The Labute approximate surface area is 242 Å². The zero-order valence-electron chi connectivity index (χ0n) is 23.2. The molecule has 43 heavy (non-hydrogen) atoms. The summed E-state index contributed by atoms with van der Waals surface area (Å²) in [6.07, 6.45) is -5.57. The number of benzene rings is 1. The molecule has 3 rings (SSSR count). The van der Waals surface area contributed by atoms with Crippen LogP contribution in [0.3, 0.4) is 0 Å². The van der Waals surface area contributed by atoms with Crippen LogP contribution < -0.4 is 16.3 Å². The first-order valence-corrected chi connectivity index (χ1v) is 12.4. The maximum absolute atomic E-state index is 13.2. The topological polar surface area (TPSA) is 234 Å². The molecule has 18 nitrogen and oxygen atoms in total. The molecule has 5 unspecified atom stereocenters. The summed E-state index contributed by atoms with van der Waals surface area (Å²) in [5.41, 5.74) is -1.19. The second-order valence-electron chi connectivity index (χ2n) is 8.94. The van der Waals surface area contributed by atoms with Crippen molar-refractivity contribution < 1.29 is 52.6 Å². The number of aromatic nitrogens is 2. The molecule has 2 heterocycles. The molecule has 1 aliphatic rings. The number of carbonyl (C=O) groups is 5. The first-order chi connectivity index (χ1) is 20.3. The second-order valence-corrected chi connectivity index (χ2v) is 8.94. The number of nitro groups is 1. The van der Waals surface area contributed by atoms with E-state index in [1.54, 1.807) is 0 Å². The standard InChI is InChI=1S/C25H27N5O13/c1-12(31)40-11-17-20(41-13(2)32)21(42-14(3)33)19(28-25(36)39-4)23(43-17)29-10-9-18(27-24(29)35)26-22(34)15-5-7-16(8-6-15)30(37)38/h5-10,17,19-21,23H,11H2,1-4H3,(H,28,36)(H,26,27,34,35). The van der Waals surface area contributed by atoms with Crippen molar-refractivity contribution in [1.29, 1.82) is 0 Å². The Bertz CT molecular complexity index is 1460.